The van der Waals surface area contributed by atoms with E-state index in [4.69, 9.17) is 0 Å². The zero-order valence-electron chi connectivity index (χ0n) is 10.3. The fraction of sp³-hybridized carbons (Fsp3) is 0.357. The van der Waals surface area contributed by atoms with Crippen molar-refractivity contribution in [3.05, 3.63) is 41.2 Å². The monoisotopic (exact) mass is 249 g/mol. The summed E-state index contributed by atoms with van der Waals surface area (Å²) < 4.78 is 18.4. The van der Waals surface area contributed by atoms with Gasteiger partial charge in [0, 0.05) is 17.7 Å². The number of rotatable bonds is 3. The Labute approximate surface area is 106 Å². The lowest BCUT2D eigenvalue weighted by Gasteiger charge is -2.11. The summed E-state index contributed by atoms with van der Waals surface area (Å²) in [6.45, 7) is 0.939. The van der Waals surface area contributed by atoms with Crippen LogP contribution in [-0.2, 0) is 9.53 Å². The molecule has 1 unspecified atom stereocenters. The third-order valence-electron chi connectivity index (χ3n) is 3.07. The van der Waals surface area contributed by atoms with Crippen LogP contribution in [0.2, 0.25) is 0 Å². The second kappa shape index (κ2) is 5.78. The molecular formula is C14H16FNO2. The lowest BCUT2D eigenvalue weighted by atomic mass is 10.0. The minimum atomic E-state index is -0.447. The van der Waals surface area contributed by atoms with Crippen LogP contribution < -0.4 is 5.32 Å². The number of carbonyl (C=O) groups excluding carboxylic acids is 1. The van der Waals surface area contributed by atoms with Crippen molar-refractivity contribution in [2.24, 2.45) is 0 Å². The number of nitrogens with one attached hydrogen (secondary N) is 1. The van der Waals surface area contributed by atoms with Crippen LogP contribution in [0.5, 0.6) is 0 Å². The van der Waals surface area contributed by atoms with Crippen LogP contribution in [0, 0.1) is 5.82 Å². The maximum Gasteiger partial charge on any atom is 0.330 e. The van der Waals surface area contributed by atoms with Crippen molar-refractivity contribution in [2.75, 3.05) is 13.7 Å². The molecule has 1 aliphatic rings. The molecule has 1 heterocycles. The fourth-order valence-corrected chi connectivity index (χ4v) is 2.11. The van der Waals surface area contributed by atoms with Crippen LogP contribution in [0.3, 0.4) is 0 Å². The molecule has 1 aromatic rings. The number of benzene rings is 1. The zero-order valence-corrected chi connectivity index (χ0v) is 10.3. The van der Waals surface area contributed by atoms with Crippen LogP contribution in [0.25, 0.3) is 6.08 Å². The van der Waals surface area contributed by atoms with Crippen molar-refractivity contribution in [1.82, 2.24) is 5.32 Å². The van der Waals surface area contributed by atoms with E-state index in [-0.39, 0.29) is 11.9 Å². The summed E-state index contributed by atoms with van der Waals surface area (Å²) in [7, 11) is 1.31. The molecule has 0 amide bonds. The average molecular weight is 249 g/mol. The van der Waals surface area contributed by atoms with E-state index < -0.39 is 5.97 Å². The molecule has 4 heteroatoms. The Morgan fingerprint density at radius 3 is 3.00 bits per heavy atom. The molecule has 96 valence electrons. The van der Waals surface area contributed by atoms with Crippen molar-refractivity contribution in [3.8, 4) is 0 Å². The molecule has 1 atom stereocenters. The van der Waals surface area contributed by atoms with Gasteiger partial charge in [-0.25, -0.2) is 9.18 Å². The standard InChI is InChI=1S/C14H16FNO2/c1-18-14(17)7-5-10-4-6-11(12(15)9-10)13-3-2-8-16-13/h4-7,9,13,16H,2-3,8H2,1H3. The van der Waals surface area contributed by atoms with Gasteiger partial charge in [0.1, 0.15) is 5.82 Å². The van der Waals surface area contributed by atoms with Gasteiger partial charge >= 0.3 is 5.97 Å². The third kappa shape index (κ3) is 2.96. The van der Waals surface area contributed by atoms with E-state index in [2.05, 4.69) is 10.1 Å². The molecule has 1 aromatic carbocycles. The Morgan fingerprint density at radius 2 is 2.39 bits per heavy atom. The lowest BCUT2D eigenvalue weighted by Crippen LogP contribution is -2.14. The molecule has 3 nitrogen and oxygen atoms in total. The second-order valence-corrected chi connectivity index (χ2v) is 4.29. The first-order valence-electron chi connectivity index (χ1n) is 5.99. The van der Waals surface area contributed by atoms with Crippen molar-refractivity contribution < 1.29 is 13.9 Å². The molecule has 18 heavy (non-hydrogen) atoms. The number of ether oxygens (including phenoxy) is 1. The van der Waals surface area contributed by atoms with Crippen molar-refractivity contribution >= 4 is 12.0 Å². The Morgan fingerprint density at radius 1 is 1.56 bits per heavy atom. The summed E-state index contributed by atoms with van der Waals surface area (Å²) in [5.41, 5.74) is 1.35. The first-order valence-corrected chi connectivity index (χ1v) is 5.99. The van der Waals surface area contributed by atoms with Crippen molar-refractivity contribution in [2.45, 2.75) is 18.9 Å². The minimum Gasteiger partial charge on any atom is -0.466 e. The van der Waals surface area contributed by atoms with Crippen LogP contribution >= 0.6 is 0 Å². The largest absolute Gasteiger partial charge is 0.466 e. The van der Waals surface area contributed by atoms with Crippen LogP contribution in [0.4, 0.5) is 4.39 Å². The van der Waals surface area contributed by atoms with E-state index >= 15 is 0 Å². The topological polar surface area (TPSA) is 38.3 Å². The molecule has 0 aromatic heterocycles. The van der Waals surface area contributed by atoms with E-state index in [0.717, 1.165) is 19.4 Å². The predicted molar refractivity (Wildman–Crippen MR) is 67.4 cm³/mol. The maximum atomic E-state index is 13.9. The van der Waals surface area contributed by atoms with Crippen molar-refractivity contribution in [3.63, 3.8) is 0 Å². The molecule has 0 radical (unpaired) electrons. The van der Waals surface area contributed by atoms with Gasteiger partial charge in [-0.05, 0) is 37.1 Å². The molecule has 0 aliphatic carbocycles. The van der Waals surface area contributed by atoms with Gasteiger partial charge in [-0.1, -0.05) is 12.1 Å². The summed E-state index contributed by atoms with van der Waals surface area (Å²) in [5.74, 6) is -0.682. The molecule has 0 saturated carbocycles. The molecule has 2 rings (SSSR count). The van der Waals surface area contributed by atoms with Gasteiger partial charge in [0.15, 0.2) is 0 Å². The number of esters is 1. The number of methoxy groups -OCH3 is 1. The summed E-state index contributed by atoms with van der Waals surface area (Å²) >= 11 is 0. The SMILES string of the molecule is COC(=O)C=Cc1ccc(C2CCCN2)c(F)c1. The van der Waals surface area contributed by atoms with Gasteiger partial charge in [0.25, 0.3) is 0 Å². The normalized spacial score (nSPS) is 19.3. The number of hydrogen-bond acceptors (Lipinski definition) is 3. The molecule has 0 bridgehead atoms. The molecule has 0 spiro atoms. The molecular weight excluding hydrogens is 233 g/mol. The summed E-state index contributed by atoms with van der Waals surface area (Å²) in [4.78, 5) is 10.9. The lowest BCUT2D eigenvalue weighted by molar-refractivity contribution is -0.134. The van der Waals surface area contributed by atoms with Crippen LogP contribution in [0.15, 0.2) is 24.3 Å². The highest BCUT2D eigenvalue weighted by atomic mass is 19.1. The van der Waals surface area contributed by atoms with E-state index in [0.29, 0.717) is 11.1 Å². The smallest absolute Gasteiger partial charge is 0.330 e. The van der Waals surface area contributed by atoms with E-state index in [1.54, 1.807) is 18.2 Å². The van der Waals surface area contributed by atoms with E-state index in [9.17, 15) is 9.18 Å². The van der Waals surface area contributed by atoms with Gasteiger partial charge < -0.3 is 10.1 Å². The first kappa shape index (κ1) is 12.8. The number of hydrogen-bond donors (Lipinski definition) is 1. The number of halogens is 1. The minimum absolute atomic E-state index is 0.114. The van der Waals surface area contributed by atoms with Crippen LogP contribution in [0.1, 0.15) is 30.0 Å². The first-order chi connectivity index (χ1) is 8.70. The second-order valence-electron chi connectivity index (χ2n) is 4.29. The van der Waals surface area contributed by atoms with Gasteiger partial charge in [-0.2, -0.15) is 0 Å². The molecule has 1 fully saturated rings. The van der Waals surface area contributed by atoms with Crippen LogP contribution in [-0.4, -0.2) is 19.6 Å². The van der Waals surface area contributed by atoms with Gasteiger partial charge in [0.2, 0.25) is 0 Å². The molecule has 1 saturated heterocycles. The highest BCUT2D eigenvalue weighted by molar-refractivity contribution is 5.86. The Kier molecular flexibility index (Phi) is 4.10. The summed E-state index contributed by atoms with van der Waals surface area (Å²) in [6.07, 6.45) is 4.87. The molecule has 1 N–H and O–H groups in total. The third-order valence-corrected chi connectivity index (χ3v) is 3.07. The Hall–Kier alpha value is -1.68. The van der Waals surface area contributed by atoms with Gasteiger partial charge in [-0.3, -0.25) is 0 Å². The predicted octanol–water partition coefficient (Wildman–Crippen LogP) is 2.44. The quantitative estimate of drug-likeness (QED) is 0.660. The zero-order chi connectivity index (χ0) is 13.0. The Bertz CT molecular complexity index is 465. The van der Waals surface area contributed by atoms with E-state index in [1.165, 1.54) is 19.3 Å². The van der Waals surface area contributed by atoms with Gasteiger partial charge in [-0.15, -0.1) is 0 Å². The summed E-state index contributed by atoms with van der Waals surface area (Å²) in [5, 5.41) is 3.26. The maximum absolute atomic E-state index is 13.9. The average Bonchev–Trinajstić information content (AvgIpc) is 2.89. The van der Waals surface area contributed by atoms with Crippen molar-refractivity contribution in [1.29, 1.82) is 0 Å². The highest BCUT2D eigenvalue weighted by Gasteiger charge is 2.19. The Balaban J connectivity index is 2.14. The summed E-state index contributed by atoms with van der Waals surface area (Å²) in [6, 6.07) is 5.13. The van der Waals surface area contributed by atoms with E-state index in [1.807, 2.05) is 0 Å². The highest BCUT2D eigenvalue weighted by Crippen LogP contribution is 2.26. The molecule has 1 aliphatic heterocycles. The fourth-order valence-electron chi connectivity index (χ4n) is 2.11. The number of carbonyl (C=O) groups is 1. The van der Waals surface area contributed by atoms with Gasteiger partial charge in [0.05, 0.1) is 7.11 Å².